The van der Waals surface area contributed by atoms with Crippen molar-refractivity contribution < 1.29 is 18.0 Å². The predicted molar refractivity (Wildman–Crippen MR) is 73.9 cm³/mol. The van der Waals surface area contributed by atoms with Gasteiger partial charge in [-0.05, 0) is 11.6 Å². The van der Waals surface area contributed by atoms with Crippen molar-refractivity contribution in [3.05, 3.63) is 53.9 Å². The van der Waals surface area contributed by atoms with E-state index in [1.807, 2.05) is 0 Å². The molecule has 0 saturated heterocycles. The summed E-state index contributed by atoms with van der Waals surface area (Å²) in [4.78, 5) is 19.1. The lowest BCUT2D eigenvalue weighted by Gasteiger charge is -2.18. The molecule has 1 amide bonds. The van der Waals surface area contributed by atoms with Gasteiger partial charge in [-0.3, -0.25) is 4.79 Å². The van der Waals surface area contributed by atoms with E-state index in [9.17, 15) is 18.0 Å². The fourth-order valence-corrected chi connectivity index (χ4v) is 1.81. The second-order valence-corrected chi connectivity index (χ2v) is 4.37. The van der Waals surface area contributed by atoms with E-state index in [1.54, 1.807) is 30.3 Å². The summed E-state index contributed by atoms with van der Waals surface area (Å²) in [5.74, 6) is -0.681. The Labute approximate surface area is 124 Å². The molecule has 1 aromatic heterocycles. The Kier molecular flexibility index (Phi) is 4.59. The largest absolute Gasteiger partial charge is 0.433 e. The van der Waals surface area contributed by atoms with E-state index >= 15 is 0 Å². The molecule has 2 rings (SSSR count). The van der Waals surface area contributed by atoms with Gasteiger partial charge in [0.1, 0.15) is 11.7 Å². The Morgan fingerprint density at radius 3 is 2.45 bits per heavy atom. The zero-order chi connectivity index (χ0) is 16.2. The molecule has 0 spiro atoms. The third kappa shape index (κ3) is 3.72. The highest BCUT2D eigenvalue weighted by molar-refractivity contribution is 5.85. The third-order valence-electron chi connectivity index (χ3n) is 2.86. The van der Waals surface area contributed by atoms with Crippen molar-refractivity contribution in [2.75, 3.05) is 12.4 Å². The van der Waals surface area contributed by atoms with Crippen LogP contribution in [0.5, 0.6) is 0 Å². The summed E-state index contributed by atoms with van der Waals surface area (Å²) in [6.07, 6.45) is -3.58. The molecule has 0 radical (unpaired) electrons. The Hall–Kier alpha value is -2.64. The van der Waals surface area contributed by atoms with Crippen LogP contribution in [0.1, 0.15) is 17.3 Å². The number of hydrogen-bond donors (Lipinski definition) is 2. The minimum atomic E-state index is -4.57. The van der Waals surface area contributed by atoms with Crippen LogP contribution < -0.4 is 10.6 Å². The van der Waals surface area contributed by atoms with Crippen molar-refractivity contribution >= 4 is 11.9 Å². The number of aromatic nitrogens is 2. The summed E-state index contributed by atoms with van der Waals surface area (Å²) >= 11 is 0. The molecule has 2 aromatic rings. The van der Waals surface area contributed by atoms with Gasteiger partial charge in [0, 0.05) is 13.2 Å². The summed E-state index contributed by atoms with van der Waals surface area (Å²) in [6.45, 7) is 0. The van der Waals surface area contributed by atoms with Crippen LogP contribution in [0.3, 0.4) is 0 Å². The smallest absolute Gasteiger partial charge is 0.357 e. The molecule has 0 aliphatic carbocycles. The van der Waals surface area contributed by atoms with Crippen molar-refractivity contribution in [2.45, 2.75) is 12.2 Å². The number of benzene rings is 1. The highest BCUT2D eigenvalue weighted by atomic mass is 19.4. The highest BCUT2D eigenvalue weighted by Crippen LogP contribution is 2.28. The summed E-state index contributed by atoms with van der Waals surface area (Å²) in [6, 6.07) is 8.45. The van der Waals surface area contributed by atoms with Gasteiger partial charge in [-0.1, -0.05) is 30.3 Å². The van der Waals surface area contributed by atoms with Gasteiger partial charge in [-0.15, -0.1) is 0 Å². The summed E-state index contributed by atoms with van der Waals surface area (Å²) < 4.78 is 38.0. The molecule has 0 bridgehead atoms. The van der Waals surface area contributed by atoms with Gasteiger partial charge in [-0.25, -0.2) is 9.97 Å². The Balaban J connectivity index is 2.30. The number of carbonyl (C=O) groups excluding carboxylic acids is 1. The minimum Gasteiger partial charge on any atom is -0.357 e. The maximum Gasteiger partial charge on any atom is 0.433 e. The molecule has 2 N–H and O–H groups in total. The van der Waals surface area contributed by atoms with E-state index in [1.165, 1.54) is 7.05 Å². The highest BCUT2D eigenvalue weighted by Gasteiger charge is 2.33. The van der Waals surface area contributed by atoms with Gasteiger partial charge in [0.15, 0.2) is 0 Å². The number of amides is 1. The number of anilines is 1. The summed E-state index contributed by atoms with van der Waals surface area (Å²) in [5.41, 5.74) is -0.489. The standard InChI is InChI=1S/C14H13F3N4O/c1-18-12(22)11(9-5-3-2-4-6-9)21-13-19-8-7-10(20-13)14(15,16)17/h2-8,11H,1H3,(H,18,22)(H,19,20,21)/t11-/m0/s1. The maximum atomic E-state index is 12.7. The number of halogens is 3. The second-order valence-electron chi connectivity index (χ2n) is 4.37. The molecule has 1 atom stereocenters. The van der Waals surface area contributed by atoms with Crippen LogP contribution in [0, 0.1) is 0 Å². The van der Waals surface area contributed by atoms with Crippen molar-refractivity contribution in [1.29, 1.82) is 0 Å². The molecule has 8 heteroatoms. The van der Waals surface area contributed by atoms with E-state index < -0.39 is 23.8 Å². The van der Waals surface area contributed by atoms with E-state index in [-0.39, 0.29) is 5.95 Å². The fourth-order valence-electron chi connectivity index (χ4n) is 1.81. The van der Waals surface area contributed by atoms with Crippen LogP contribution in [-0.4, -0.2) is 22.9 Å². The number of nitrogens with zero attached hydrogens (tertiary/aromatic N) is 2. The first-order chi connectivity index (χ1) is 10.4. The molecule has 22 heavy (non-hydrogen) atoms. The number of hydrogen-bond acceptors (Lipinski definition) is 4. The van der Waals surface area contributed by atoms with Crippen LogP contribution in [0.25, 0.3) is 0 Å². The first kappa shape index (κ1) is 15.7. The van der Waals surface area contributed by atoms with Gasteiger partial charge in [0.05, 0.1) is 0 Å². The summed E-state index contributed by atoms with van der Waals surface area (Å²) in [5, 5.41) is 5.07. The number of nitrogens with one attached hydrogen (secondary N) is 2. The molecule has 0 fully saturated rings. The van der Waals surface area contributed by atoms with Gasteiger partial charge in [0.2, 0.25) is 11.9 Å². The van der Waals surface area contributed by atoms with E-state index in [0.717, 1.165) is 12.3 Å². The molecule has 116 valence electrons. The van der Waals surface area contributed by atoms with E-state index in [0.29, 0.717) is 5.56 Å². The first-order valence-corrected chi connectivity index (χ1v) is 6.35. The monoisotopic (exact) mass is 310 g/mol. The van der Waals surface area contributed by atoms with Gasteiger partial charge < -0.3 is 10.6 Å². The van der Waals surface area contributed by atoms with E-state index in [2.05, 4.69) is 20.6 Å². The van der Waals surface area contributed by atoms with Crippen LogP contribution in [0.4, 0.5) is 19.1 Å². The van der Waals surface area contributed by atoms with Crippen molar-refractivity contribution in [3.8, 4) is 0 Å². The van der Waals surface area contributed by atoms with Crippen molar-refractivity contribution in [3.63, 3.8) is 0 Å². The zero-order valence-electron chi connectivity index (χ0n) is 11.6. The molecule has 1 aromatic carbocycles. The first-order valence-electron chi connectivity index (χ1n) is 6.35. The maximum absolute atomic E-state index is 12.7. The predicted octanol–water partition coefficient (Wildman–Crippen LogP) is 2.39. The number of carbonyl (C=O) groups is 1. The lowest BCUT2D eigenvalue weighted by atomic mass is 10.1. The molecule has 5 nitrogen and oxygen atoms in total. The number of alkyl halides is 3. The lowest BCUT2D eigenvalue weighted by molar-refractivity contribution is -0.141. The third-order valence-corrected chi connectivity index (χ3v) is 2.86. The normalized spacial score (nSPS) is 12.5. The van der Waals surface area contributed by atoms with Crippen LogP contribution in [-0.2, 0) is 11.0 Å². The molecule has 0 aliphatic rings. The van der Waals surface area contributed by atoms with Crippen LogP contribution in [0.15, 0.2) is 42.6 Å². The average Bonchev–Trinajstić information content (AvgIpc) is 2.52. The second kappa shape index (κ2) is 6.42. The van der Waals surface area contributed by atoms with Crippen molar-refractivity contribution in [1.82, 2.24) is 15.3 Å². The molecular weight excluding hydrogens is 297 g/mol. The Bertz CT molecular complexity index is 646. The molecule has 0 saturated carbocycles. The molecular formula is C14H13F3N4O. The van der Waals surface area contributed by atoms with Gasteiger partial charge in [0.25, 0.3) is 0 Å². The van der Waals surface area contributed by atoms with Crippen LogP contribution in [0.2, 0.25) is 0 Å². The number of likely N-dealkylation sites (N-methyl/N-ethyl adjacent to an activating group) is 1. The lowest BCUT2D eigenvalue weighted by Crippen LogP contribution is -2.31. The Morgan fingerprint density at radius 1 is 1.18 bits per heavy atom. The molecule has 1 heterocycles. The van der Waals surface area contributed by atoms with E-state index in [4.69, 9.17) is 0 Å². The SMILES string of the molecule is CNC(=O)[C@@H](Nc1nccc(C(F)(F)F)n1)c1ccccc1. The average molecular weight is 310 g/mol. The van der Waals surface area contributed by atoms with Crippen LogP contribution >= 0.6 is 0 Å². The topological polar surface area (TPSA) is 66.9 Å². The number of rotatable bonds is 4. The van der Waals surface area contributed by atoms with Gasteiger partial charge >= 0.3 is 6.18 Å². The molecule has 0 aliphatic heterocycles. The minimum absolute atomic E-state index is 0.271. The Morgan fingerprint density at radius 2 is 1.86 bits per heavy atom. The van der Waals surface area contributed by atoms with Gasteiger partial charge in [-0.2, -0.15) is 13.2 Å². The zero-order valence-corrected chi connectivity index (χ0v) is 11.6. The fraction of sp³-hybridized carbons (Fsp3) is 0.214. The van der Waals surface area contributed by atoms with Crippen molar-refractivity contribution in [2.24, 2.45) is 0 Å². The molecule has 0 unspecified atom stereocenters. The summed E-state index contributed by atoms with van der Waals surface area (Å²) in [7, 11) is 1.44. The quantitative estimate of drug-likeness (QED) is 0.910.